The quantitative estimate of drug-likeness (QED) is 0.125. The number of esters is 2. The van der Waals surface area contributed by atoms with Gasteiger partial charge >= 0.3 is 11.9 Å². The highest BCUT2D eigenvalue weighted by molar-refractivity contribution is 6.00. The number of hydrogen-bond donors (Lipinski definition) is 1. The van der Waals surface area contributed by atoms with Gasteiger partial charge in [-0.25, -0.2) is 9.59 Å². The number of ether oxygens (including phenoxy) is 2. The molecular weight excluding hydrogens is 582 g/mol. The first-order chi connectivity index (χ1) is 21.9. The Bertz CT molecular complexity index is 1570. The second-order valence-electron chi connectivity index (χ2n) is 12.3. The minimum Gasteiger partial charge on any atom is -0.466 e. The molecule has 1 heterocycles. The summed E-state index contributed by atoms with van der Waals surface area (Å²) in [7, 11) is 3.33. The van der Waals surface area contributed by atoms with Gasteiger partial charge in [0, 0.05) is 36.0 Å². The molecule has 242 valence electrons. The first-order valence-corrected chi connectivity index (χ1v) is 15.4. The Morgan fingerprint density at radius 1 is 0.891 bits per heavy atom. The molecular formula is C37H43N3O6. The van der Waals surface area contributed by atoms with Gasteiger partial charge in [0.2, 0.25) is 0 Å². The van der Waals surface area contributed by atoms with Gasteiger partial charge in [-0.05, 0) is 70.8 Å². The van der Waals surface area contributed by atoms with Crippen molar-refractivity contribution in [2.45, 2.75) is 58.0 Å². The van der Waals surface area contributed by atoms with Crippen LogP contribution < -0.4 is 5.32 Å². The van der Waals surface area contributed by atoms with Crippen LogP contribution in [0.25, 0.3) is 0 Å². The minimum atomic E-state index is -0.910. The number of rotatable bonds is 13. The number of nitro benzene ring substituents is 1. The van der Waals surface area contributed by atoms with E-state index >= 15 is 0 Å². The Morgan fingerprint density at radius 2 is 1.46 bits per heavy atom. The fourth-order valence-electron chi connectivity index (χ4n) is 5.97. The number of dihydropyridines is 1. The third-order valence-corrected chi connectivity index (χ3v) is 8.47. The number of carbonyl (C=O) groups excluding carboxylic acids is 2. The highest BCUT2D eigenvalue weighted by Crippen LogP contribution is 2.41. The third kappa shape index (κ3) is 8.28. The third-order valence-electron chi connectivity index (χ3n) is 8.47. The summed E-state index contributed by atoms with van der Waals surface area (Å²) < 4.78 is 11.2. The summed E-state index contributed by atoms with van der Waals surface area (Å²) in [6, 6.07) is 27.0. The summed E-state index contributed by atoms with van der Waals surface area (Å²) >= 11 is 0. The van der Waals surface area contributed by atoms with E-state index in [-0.39, 0.29) is 22.8 Å². The molecule has 9 heteroatoms. The molecule has 1 unspecified atom stereocenters. The van der Waals surface area contributed by atoms with Crippen LogP contribution in [0.3, 0.4) is 0 Å². The summed E-state index contributed by atoms with van der Waals surface area (Å²) in [6.07, 6.45) is 1.49. The van der Waals surface area contributed by atoms with E-state index in [0.717, 1.165) is 13.0 Å². The van der Waals surface area contributed by atoms with Gasteiger partial charge in [0.15, 0.2) is 0 Å². The summed E-state index contributed by atoms with van der Waals surface area (Å²) in [5.74, 6) is -1.89. The number of carbonyl (C=O) groups is 2. The van der Waals surface area contributed by atoms with Crippen LogP contribution in [0.5, 0.6) is 0 Å². The second kappa shape index (κ2) is 15.0. The number of allylic oxidation sites excluding steroid dienone is 2. The van der Waals surface area contributed by atoms with Crippen LogP contribution in [0.15, 0.2) is 107 Å². The Labute approximate surface area is 271 Å². The van der Waals surface area contributed by atoms with Crippen LogP contribution in [0.2, 0.25) is 0 Å². The van der Waals surface area contributed by atoms with Gasteiger partial charge in [-0.2, -0.15) is 0 Å². The van der Waals surface area contributed by atoms with Gasteiger partial charge in [0.1, 0.15) is 5.60 Å². The monoisotopic (exact) mass is 625 g/mol. The molecule has 3 aromatic carbocycles. The SMILES string of the molecule is COC(=O)C1=C(C)NC(C)=C(C(=O)OC(C)(C)CCN(C)CCC(c2ccccc2)c2ccccc2)C1c1cccc([N+](=O)[O-])c1. The number of non-ortho nitro benzene ring substituents is 1. The Morgan fingerprint density at radius 3 is 2.00 bits per heavy atom. The molecule has 1 N–H and O–H groups in total. The fourth-order valence-corrected chi connectivity index (χ4v) is 5.97. The Kier molecular flexibility index (Phi) is 11.1. The lowest BCUT2D eigenvalue weighted by molar-refractivity contribution is -0.384. The van der Waals surface area contributed by atoms with Crippen molar-refractivity contribution in [2.75, 3.05) is 27.2 Å². The van der Waals surface area contributed by atoms with Crippen molar-refractivity contribution in [3.8, 4) is 0 Å². The molecule has 1 atom stereocenters. The van der Waals surface area contributed by atoms with Crippen molar-refractivity contribution >= 4 is 17.6 Å². The van der Waals surface area contributed by atoms with Crippen molar-refractivity contribution in [3.05, 3.63) is 134 Å². The maximum atomic E-state index is 13.9. The number of nitro groups is 1. The van der Waals surface area contributed by atoms with Crippen LogP contribution in [-0.2, 0) is 19.1 Å². The first kappa shape index (κ1) is 34.1. The van der Waals surface area contributed by atoms with E-state index < -0.39 is 28.4 Å². The Hall–Kier alpha value is -4.76. The van der Waals surface area contributed by atoms with Crippen molar-refractivity contribution in [3.63, 3.8) is 0 Å². The average molecular weight is 626 g/mol. The molecule has 0 bridgehead atoms. The molecule has 0 aliphatic carbocycles. The molecule has 0 fully saturated rings. The van der Waals surface area contributed by atoms with Crippen LogP contribution in [0.1, 0.15) is 69.1 Å². The largest absolute Gasteiger partial charge is 0.466 e. The standard InChI is InChI=1S/C37H43N3O6/c1-25-32(35(41)45-6)34(29-18-13-19-30(24-29)40(43)44)33(26(2)38-25)36(42)46-37(3,4)21-23-39(5)22-20-31(27-14-9-7-10-15-27)28-16-11-8-12-17-28/h7-19,24,31,34,38H,20-23H2,1-6H3. The van der Waals surface area contributed by atoms with Gasteiger partial charge in [-0.3, -0.25) is 10.1 Å². The molecule has 9 nitrogen and oxygen atoms in total. The van der Waals surface area contributed by atoms with Gasteiger partial charge in [-0.1, -0.05) is 72.8 Å². The lowest BCUT2D eigenvalue weighted by Gasteiger charge is -2.33. The number of nitrogens with one attached hydrogen (secondary N) is 1. The summed E-state index contributed by atoms with van der Waals surface area (Å²) in [6.45, 7) is 8.71. The van der Waals surface area contributed by atoms with E-state index in [2.05, 4.69) is 65.8 Å². The highest BCUT2D eigenvalue weighted by Gasteiger charge is 2.40. The zero-order valence-corrected chi connectivity index (χ0v) is 27.4. The molecule has 0 spiro atoms. The molecule has 4 rings (SSSR count). The Balaban J connectivity index is 1.48. The van der Waals surface area contributed by atoms with Crippen molar-refractivity contribution in [1.82, 2.24) is 10.2 Å². The minimum absolute atomic E-state index is 0.145. The molecule has 1 aliphatic heterocycles. The predicted molar refractivity (Wildman–Crippen MR) is 178 cm³/mol. The van der Waals surface area contributed by atoms with Gasteiger partial charge < -0.3 is 19.7 Å². The maximum Gasteiger partial charge on any atom is 0.337 e. The molecule has 0 aromatic heterocycles. The second-order valence-corrected chi connectivity index (χ2v) is 12.3. The zero-order valence-electron chi connectivity index (χ0n) is 27.4. The first-order valence-electron chi connectivity index (χ1n) is 15.4. The molecule has 1 aliphatic rings. The zero-order chi connectivity index (χ0) is 33.4. The van der Waals surface area contributed by atoms with Crippen LogP contribution >= 0.6 is 0 Å². The molecule has 0 saturated heterocycles. The van der Waals surface area contributed by atoms with E-state index in [1.807, 2.05) is 26.0 Å². The maximum absolute atomic E-state index is 13.9. The van der Waals surface area contributed by atoms with Crippen molar-refractivity contribution in [1.29, 1.82) is 0 Å². The highest BCUT2D eigenvalue weighted by atomic mass is 16.6. The van der Waals surface area contributed by atoms with E-state index in [4.69, 9.17) is 9.47 Å². The molecule has 3 aromatic rings. The topological polar surface area (TPSA) is 111 Å². The van der Waals surface area contributed by atoms with Crippen LogP contribution in [0, 0.1) is 10.1 Å². The van der Waals surface area contributed by atoms with E-state index in [0.29, 0.717) is 29.9 Å². The molecule has 0 saturated carbocycles. The molecule has 0 amide bonds. The molecule has 0 radical (unpaired) electrons. The van der Waals surface area contributed by atoms with Gasteiger partial charge in [0.05, 0.1) is 29.1 Å². The predicted octanol–water partition coefficient (Wildman–Crippen LogP) is 6.87. The fraction of sp³-hybridized carbons (Fsp3) is 0.351. The number of nitrogens with zero attached hydrogens (tertiary/aromatic N) is 2. The van der Waals surface area contributed by atoms with E-state index in [1.165, 1.54) is 36.4 Å². The van der Waals surface area contributed by atoms with Crippen molar-refractivity contribution in [2.24, 2.45) is 0 Å². The number of hydrogen-bond acceptors (Lipinski definition) is 8. The van der Waals surface area contributed by atoms with Crippen molar-refractivity contribution < 1.29 is 24.0 Å². The lowest BCUT2D eigenvalue weighted by atomic mass is 9.80. The summed E-state index contributed by atoms with van der Waals surface area (Å²) in [5.41, 5.74) is 3.40. The van der Waals surface area contributed by atoms with Gasteiger partial charge in [-0.15, -0.1) is 0 Å². The number of methoxy groups -OCH3 is 1. The average Bonchev–Trinajstić information content (AvgIpc) is 3.04. The van der Waals surface area contributed by atoms with Crippen LogP contribution in [0.4, 0.5) is 5.69 Å². The van der Waals surface area contributed by atoms with Gasteiger partial charge in [0.25, 0.3) is 5.69 Å². The van der Waals surface area contributed by atoms with E-state index in [1.54, 1.807) is 19.9 Å². The normalized spacial score (nSPS) is 15.2. The van der Waals surface area contributed by atoms with E-state index in [9.17, 15) is 19.7 Å². The lowest BCUT2D eigenvalue weighted by Crippen LogP contribution is -2.37. The smallest absolute Gasteiger partial charge is 0.337 e. The number of benzene rings is 3. The van der Waals surface area contributed by atoms with Crippen LogP contribution in [-0.4, -0.2) is 54.6 Å². The molecule has 46 heavy (non-hydrogen) atoms. The summed E-state index contributed by atoms with van der Waals surface area (Å²) in [4.78, 5) is 40.2. The summed E-state index contributed by atoms with van der Waals surface area (Å²) in [5, 5.41) is 14.7.